The number of nitrogens with one attached hydrogen (secondary N) is 1. The van der Waals surface area contributed by atoms with Gasteiger partial charge in [0.15, 0.2) is 0 Å². The highest BCUT2D eigenvalue weighted by atomic mass is 35.5. The number of nitrogens with zero attached hydrogens (tertiary/aromatic N) is 2. The first-order chi connectivity index (χ1) is 11.1. The summed E-state index contributed by atoms with van der Waals surface area (Å²) in [6.45, 7) is 0. The van der Waals surface area contributed by atoms with Crippen molar-refractivity contribution in [3.05, 3.63) is 46.2 Å². The lowest BCUT2D eigenvalue weighted by molar-refractivity contribution is 0.0923. The van der Waals surface area contributed by atoms with Gasteiger partial charge in [0.1, 0.15) is 0 Å². The van der Waals surface area contributed by atoms with Crippen molar-refractivity contribution in [3.8, 4) is 5.69 Å². The first-order valence-electron chi connectivity index (χ1n) is 7.90. The lowest BCUT2D eigenvalue weighted by Gasteiger charge is -2.22. The van der Waals surface area contributed by atoms with Gasteiger partial charge in [-0.2, -0.15) is 5.10 Å². The highest BCUT2D eigenvalue weighted by Crippen LogP contribution is 2.44. The summed E-state index contributed by atoms with van der Waals surface area (Å²) in [7, 11) is 0. The predicted molar refractivity (Wildman–Crippen MR) is 90.3 cm³/mol. The third kappa shape index (κ3) is 2.98. The molecule has 0 saturated heterocycles. The fraction of sp³-hybridized carbons (Fsp3) is 0.412. The number of hydrogen-bond acceptors (Lipinski definition) is 2. The van der Waals surface area contributed by atoms with Crippen molar-refractivity contribution in [2.45, 2.75) is 31.7 Å². The van der Waals surface area contributed by atoms with Crippen LogP contribution in [0.3, 0.4) is 0 Å². The van der Waals surface area contributed by atoms with Crippen molar-refractivity contribution in [2.75, 3.05) is 0 Å². The second-order valence-electron chi connectivity index (χ2n) is 6.56. The summed E-state index contributed by atoms with van der Waals surface area (Å²) in [4.78, 5) is 12.4. The van der Waals surface area contributed by atoms with Gasteiger partial charge in [-0.1, -0.05) is 29.6 Å². The minimum absolute atomic E-state index is 0.0538. The molecule has 2 bridgehead atoms. The number of aromatic nitrogens is 2. The van der Waals surface area contributed by atoms with Crippen molar-refractivity contribution >= 4 is 29.1 Å². The molecule has 1 N–H and O–H groups in total. The minimum Gasteiger partial charge on any atom is -0.349 e. The van der Waals surface area contributed by atoms with Crippen LogP contribution in [-0.4, -0.2) is 21.7 Å². The van der Waals surface area contributed by atoms with Gasteiger partial charge in [-0.3, -0.25) is 4.79 Å². The van der Waals surface area contributed by atoms with Gasteiger partial charge in [-0.05, 0) is 49.3 Å². The van der Waals surface area contributed by atoms with Gasteiger partial charge < -0.3 is 5.32 Å². The molecule has 1 aromatic heterocycles. The Morgan fingerprint density at radius 1 is 1.17 bits per heavy atom. The van der Waals surface area contributed by atoms with Crippen molar-refractivity contribution in [2.24, 2.45) is 11.8 Å². The van der Waals surface area contributed by atoms with E-state index in [-0.39, 0.29) is 5.91 Å². The van der Waals surface area contributed by atoms with E-state index in [4.69, 9.17) is 23.2 Å². The van der Waals surface area contributed by atoms with E-state index in [0.29, 0.717) is 27.6 Å². The van der Waals surface area contributed by atoms with Crippen LogP contribution in [0, 0.1) is 11.8 Å². The Labute approximate surface area is 144 Å². The molecule has 120 valence electrons. The highest BCUT2D eigenvalue weighted by Gasteiger charge is 2.40. The van der Waals surface area contributed by atoms with E-state index in [9.17, 15) is 4.79 Å². The van der Waals surface area contributed by atoms with E-state index in [0.717, 1.165) is 18.0 Å². The average molecular weight is 350 g/mol. The van der Waals surface area contributed by atoms with Gasteiger partial charge in [0, 0.05) is 22.3 Å². The largest absolute Gasteiger partial charge is 0.349 e. The van der Waals surface area contributed by atoms with Crippen LogP contribution >= 0.6 is 23.2 Å². The normalized spacial score (nSPS) is 25.7. The molecule has 2 aromatic rings. The summed E-state index contributed by atoms with van der Waals surface area (Å²) in [5.41, 5.74) is 1.30. The zero-order valence-electron chi connectivity index (χ0n) is 12.5. The standard InChI is InChI=1S/C17H17Cl2N3O/c18-13-5-14(19)7-15(6-13)22-9-12(8-20-22)17(23)21-16-4-10-1-2-11(16)3-10/h5-11,16H,1-4H2,(H,21,23)/t10-,11+,16-/m1/s1. The fourth-order valence-corrected chi connectivity index (χ4v) is 4.44. The zero-order valence-corrected chi connectivity index (χ0v) is 14.0. The third-order valence-corrected chi connectivity index (χ3v) is 5.45. The van der Waals surface area contributed by atoms with E-state index < -0.39 is 0 Å². The maximum absolute atomic E-state index is 12.4. The molecule has 0 spiro atoms. The summed E-state index contributed by atoms with van der Waals surface area (Å²) in [5, 5.41) is 8.50. The molecule has 0 radical (unpaired) electrons. The topological polar surface area (TPSA) is 46.9 Å². The minimum atomic E-state index is -0.0538. The number of carbonyl (C=O) groups is 1. The van der Waals surface area contributed by atoms with E-state index in [1.54, 1.807) is 35.3 Å². The number of halogens is 2. The summed E-state index contributed by atoms with van der Waals surface area (Å²) in [6.07, 6.45) is 8.25. The van der Waals surface area contributed by atoms with E-state index >= 15 is 0 Å². The molecule has 3 atom stereocenters. The molecule has 2 fully saturated rings. The molecule has 1 amide bonds. The van der Waals surface area contributed by atoms with E-state index in [2.05, 4.69) is 10.4 Å². The highest BCUT2D eigenvalue weighted by molar-refractivity contribution is 6.34. The molecular formula is C17H17Cl2N3O. The molecular weight excluding hydrogens is 333 g/mol. The molecule has 1 heterocycles. The maximum atomic E-state index is 12.4. The molecule has 2 aliphatic rings. The van der Waals surface area contributed by atoms with E-state index in [1.807, 2.05) is 0 Å². The van der Waals surface area contributed by atoms with Crippen LogP contribution in [0.4, 0.5) is 0 Å². The monoisotopic (exact) mass is 349 g/mol. The van der Waals surface area contributed by atoms with Gasteiger partial charge in [0.25, 0.3) is 5.91 Å². The molecule has 4 rings (SSSR count). The molecule has 2 saturated carbocycles. The first kappa shape index (κ1) is 15.0. The van der Waals surface area contributed by atoms with Gasteiger partial charge in [0.05, 0.1) is 17.4 Å². The number of fused-ring (bicyclic) bond motifs is 2. The van der Waals surface area contributed by atoms with Gasteiger partial charge >= 0.3 is 0 Å². The lowest BCUT2D eigenvalue weighted by atomic mass is 9.95. The number of hydrogen-bond donors (Lipinski definition) is 1. The first-order valence-corrected chi connectivity index (χ1v) is 8.66. The molecule has 0 unspecified atom stereocenters. The van der Waals surface area contributed by atoms with Gasteiger partial charge in [0.2, 0.25) is 0 Å². The predicted octanol–water partition coefficient (Wildman–Crippen LogP) is 4.10. The van der Waals surface area contributed by atoms with Crippen molar-refractivity contribution in [3.63, 3.8) is 0 Å². The molecule has 23 heavy (non-hydrogen) atoms. The van der Waals surface area contributed by atoms with E-state index in [1.165, 1.54) is 19.3 Å². The van der Waals surface area contributed by atoms with Crippen LogP contribution in [-0.2, 0) is 0 Å². The van der Waals surface area contributed by atoms with Crippen LogP contribution in [0.2, 0.25) is 10.0 Å². The Morgan fingerprint density at radius 3 is 2.61 bits per heavy atom. The Bertz CT molecular complexity index is 738. The summed E-state index contributed by atoms with van der Waals surface area (Å²) in [5.74, 6) is 1.41. The van der Waals surface area contributed by atoms with Crippen molar-refractivity contribution in [1.82, 2.24) is 15.1 Å². The Kier molecular flexibility index (Phi) is 3.82. The fourth-order valence-electron chi connectivity index (χ4n) is 3.93. The number of benzene rings is 1. The average Bonchev–Trinajstić information content (AvgIpc) is 3.22. The van der Waals surface area contributed by atoms with Crippen molar-refractivity contribution < 1.29 is 4.79 Å². The Morgan fingerprint density at radius 2 is 1.96 bits per heavy atom. The Balaban J connectivity index is 1.50. The van der Waals surface area contributed by atoms with Gasteiger partial charge in [-0.15, -0.1) is 0 Å². The second kappa shape index (κ2) is 5.84. The third-order valence-electron chi connectivity index (χ3n) is 5.01. The Hall–Kier alpha value is -1.52. The quantitative estimate of drug-likeness (QED) is 0.906. The van der Waals surface area contributed by atoms with Crippen LogP contribution in [0.5, 0.6) is 0 Å². The molecule has 2 aliphatic carbocycles. The van der Waals surface area contributed by atoms with Crippen LogP contribution in [0.25, 0.3) is 5.69 Å². The molecule has 1 aromatic carbocycles. The maximum Gasteiger partial charge on any atom is 0.254 e. The molecule has 0 aliphatic heterocycles. The molecule has 4 nitrogen and oxygen atoms in total. The number of amides is 1. The summed E-state index contributed by atoms with van der Waals surface area (Å²) < 4.78 is 1.62. The smallest absolute Gasteiger partial charge is 0.254 e. The SMILES string of the molecule is O=C(N[C@@H]1C[C@@H]2CC[C@H]1C2)c1cnn(-c2cc(Cl)cc(Cl)c2)c1. The van der Waals surface area contributed by atoms with Crippen LogP contribution in [0.15, 0.2) is 30.6 Å². The zero-order chi connectivity index (χ0) is 16.0. The van der Waals surface area contributed by atoms with Gasteiger partial charge in [-0.25, -0.2) is 4.68 Å². The van der Waals surface area contributed by atoms with Crippen LogP contribution < -0.4 is 5.32 Å². The second-order valence-corrected chi connectivity index (χ2v) is 7.43. The van der Waals surface area contributed by atoms with Crippen LogP contribution in [0.1, 0.15) is 36.0 Å². The van der Waals surface area contributed by atoms with Crippen molar-refractivity contribution in [1.29, 1.82) is 0 Å². The lowest BCUT2D eigenvalue weighted by Crippen LogP contribution is -2.38. The number of carbonyl (C=O) groups excluding carboxylic acids is 1. The number of rotatable bonds is 3. The molecule has 6 heteroatoms. The summed E-state index contributed by atoms with van der Waals surface area (Å²) >= 11 is 12.0. The summed E-state index contributed by atoms with van der Waals surface area (Å²) in [6, 6.07) is 5.51.